The fourth-order valence-corrected chi connectivity index (χ4v) is 2.37. The minimum Gasteiger partial charge on any atom is -0.487 e. The van der Waals surface area contributed by atoms with Gasteiger partial charge in [-0.05, 0) is 37.7 Å². The van der Waals surface area contributed by atoms with Gasteiger partial charge in [-0.1, -0.05) is 6.92 Å². The molecule has 0 aromatic heterocycles. The summed E-state index contributed by atoms with van der Waals surface area (Å²) in [7, 11) is 0. The quantitative estimate of drug-likeness (QED) is 0.825. The van der Waals surface area contributed by atoms with E-state index in [0.29, 0.717) is 5.92 Å². The van der Waals surface area contributed by atoms with E-state index in [9.17, 15) is 9.18 Å². The Balaban J connectivity index is 2.15. The van der Waals surface area contributed by atoms with Crippen molar-refractivity contribution in [3.63, 3.8) is 0 Å². The molecule has 0 saturated heterocycles. The Morgan fingerprint density at radius 3 is 2.58 bits per heavy atom. The van der Waals surface area contributed by atoms with Crippen molar-refractivity contribution in [1.82, 2.24) is 0 Å². The van der Waals surface area contributed by atoms with Crippen LogP contribution in [0.4, 0.5) is 10.1 Å². The summed E-state index contributed by atoms with van der Waals surface area (Å²) in [5.74, 6) is -1.14. The SMILES string of the molecule is CC1CCC(Oc2cc(C(=O)O)c(N)cc2F)CC1. The molecule has 0 radical (unpaired) electrons. The summed E-state index contributed by atoms with van der Waals surface area (Å²) >= 11 is 0. The number of carbonyl (C=O) groups is 1. The normalized spacial score (nSPS) is 23.1. The zero-order valence-corrected chi connectivity index (χ0v) is 10.9. The lowest BCUT2D eigenvalue weighted by Crippen LogP contribution is -2.23. The molecule has 1 saturated carbocycles. The van der Waals surface area contributed by atoms with E-state index in [2.05, 4.69) is 6.92 Å². The van der Waals surface area contributed by atoms with E-state index in [-0.39, 0.29) is 23.1 Å². The van der Waals surface area contributed by atoms with Crippen molar-refractivity contribution < 1.29 is 19.0 Å². The molecule has 1 aromatic carbocycles. The smallest absolute Gasteiger partial charge is 0.337 e. The molecule has 1 aromatic rings. The predicted molar refractivity (Wildman–Crippen MR) is 69.8 cm³/mol. The zero-order chi connectivity index (χ0) is 14.0. The second-order valence-electron chi connectivity index (χ2n) is 5.17. The average Bonchev–Trinajstić information content (AvgIpc) is 2.34. The van der Waals surface area contributed by atoms with Crippen molar-refractivity contribution >= 4 is 11.7 Å². The molecule has 2 rings (SSSR count). The van der Waals surface area contributed by atoms with Crippen LogP contribution in [0.1, 0.15) is 43.0 Å². The molecule has 0 bridgehead atoms. The zero-order valence-electron chi connectivity index (χ0n) is 10.9. The maximum Gasteiger partial charge on any atom is 0.337 e. The number of hydrogen-bond donors (Lipinski definition) is 2. The number of carboxylic acid groups (broad SMARTS) is 1. The lowest BCUT2D eigenvalue weighted by atomic mass is 9.89. The first-order valence-electron chi connectivity index (χ1n) is 6.46. The van der Waals surface area contributed by atoms with Gasteiger partial charge < -0.3 is 15.6 Å². The lowest BCUT2D eigenvalue weighted by molar-refractivity contribution is 0.0696. The summed E-state index contributed by atoms with van der Waals surface area (Å²) in [6.45, 7) is 2.18. The van der Waals surface area contributed by atoms with E-state index in [1.54, 1.807) is 0 Å². The topological polar surface area (TPSA) is 72.5 Å². The number of aromatic carboxylic acids is 1. The standard InChI is InChI=1S/C14H18FNO3/c1-8-2-4-9(5-3-8)19-13-6-10(14(17)18)12(16)7-11(13)15/h6-9H,2-5,16H2,1H3,(H,17,18). The monoisotopic (exact) mass is 267 g/mol. The highest BCUT2D eigenvalue weighted by molar-refractivity contribution is 5.94. The van der Waals surface area contributed by atoms with E-state index < -0.39 is 11.8 Å². The second-order valence-corrected chi connectivity index (χ2v) is 5.17. The molecule has 0 spiro atoms. The molecule has 1 aliphatic carbocycles. The van der Waals surface area contributed by atoms with E-state index >= 15 is 0 Å². The van der Waals surface area contributed by atoms with Crippen LogP contribution >= 0.6 is 0 Å². The molecular formula is C14H18FNO3. The van der Waals surface area contributed by atoms with E-state index in [1.807, 2.05) is 0 Å². The first-order valence-corrected chi connectivity index (χ1v) is 6.46. The number of ether oxygens (including phenoxy) is 1. The minimum absolute atomic E-state index is 0.0221. The lowest BCUT2D eigenvalue weighted by Gasteiger charge is -2.27. The fraction of sp³-hybridized carbons (Fsp3) is 0.500. The van der Waals surface area contributed by atoms with Gasteiger partial charge in [0.05, 0.1) is 11.7 Å². The van der Waals surface area contributed by atoms with Crippen LogP contribution in [0.2, 0.25) is 0 Å². The number of nitrogen functional groups attached to an aromatic ring is 1. The maximum absolute atomic E-state index is 13.7. The number of carboxylic acids is 1. The van der Waals surface area contributed by atoms with E-state index in [1.165, 1.54) is 6.07 Å². The molecule has 1 fully saturated rings. The Morgan fingerprint density at radius 1 is 1.37 bits per heavy atom. The van der Waals surface area contributed by atoms with Crippen molar-refractivity contribution in [2.45, 2.75) is 38.7 Å². The molecule has 3 N–H and O–H groups in total. The molecule has 0 heterocycles. The summed E-state index contributed by atoms with van der Waals surface area (Å²) in [5.41, 5.74) is 5.25. The predicted octanol–water partition coefficient (Wildman–Crippen LogP) is 3.06. The first-order chi connectivity index (χ1) is 8.97. The van der Waals surface area contributed by atoms with Gasteiger partial charge in [0, 0.05) is 11.8 Å². The van der Waals surface area contributed by atoms with Crippen molar-refractivity contribution in [2.24, 2.45) is 5.92 Å². The number of benzene rings is 1. The maximum atomic E-state index is 13.7. The van der Waals surface area contributed by atoms with Gasteiger partial charge in [0.1, 0.15) is 0 Å². The molecule has 1 aliphatic rings. The Kier molecular flexibility index (Phi) is 3.93. The summed E-state index contributed by atoms with van der Waals surface area (Å²) in [6.07, 6.45) is 3.79. The molecule has 0 unspecified atom stereocenters. The van der Waals surface area contributed by atoms with Crippen LogP contribution in [-0.4, -0.2) is 17.2 Å². The highest BCUT2D eigenvalue weighted by Gasteiger charge is 2.22. The highest BCUT2D eigenvalue weighted by Crippen LogP contribution is 2.30. The van der Waals surface area contributed by atoms with Gasteiger partial charge in [0.25, 0.3) is 0 Å². The Hall–Kier alpha value is -1.78. The molecule has 0 aliphatic heterocycles. The van der Waals surface area contributed by atoms with Crippen LogP contribution in [0, 0.1) is 11.7 Å². The van der Waals surface area contributed by atoms with Crippen LogP contribution in [0.15, 0.2) is 12.1 Å². The highest BCUT2D eigenvalue weighted by atomic mass is 19.1. The number of hydrogen-bond acceptors (Lipinski definition) is 3. The molecule has 5 heteroatoms. The van der Waals surface area contributed by atoms with Gasteiger partial charge in [-0.15, -0.1) is 0 Å². The van der Waals surface area contributed by atoms with Crippen molar-refractivity contribution in [1.29, 1.82) is 0 Å². The fourth-order valence-electron chi connectivity index (χ4n) is 2.37. The number of rotatable bonds is 3. The van der Waals surface area contributed by atoms with Crippen molar-refractivity contribution in [3.05, 3.63) is 23.5 Å². The third-order valence-electron chi connectivity index (χ3n) is 3.59. The van der Waals surface area contributed by atoms with Gasteiger partial charge in [0.2, 0.25) is 0 Å². The largest absolute Gasteiger partial charge is 0.487 e. The molecule has 4 nitrogen and oxygen atoms in total. The molecule has 104 valence electrons. The summed E-state index contributed by atoms with van der Waals surface area (Å²) in [4.78, 5) is 11.0. The number of nitrogens with two attached hydrogens (primary N) is 1. The van der Waals surface area contributed by atoms with Crippen LogP contribution in [0.3, 0.4) is 0 Å². The van der Waals surface area contributed by atoms with Crippen LogP contribution < -0.4 is 10.5 Å². The van der Waals surface area contributed by atoms with E-state index in [0.717, 1.165) is 31.7 Å². The Morgan fingerprint density at radius 2 is 2.00 bits per heavy atom. The third-order valence-corrected chi connectivity index (χ3v) is 3.59. The second kappa shape index (κ2) is 5.47. The minimum atomic E-state index is -1.18. The molecule has 0 atom stereocenters. The summed E-state index contributed by atoms with van der Waals surface area (Å²) < 4.78 is 19.3. The van der Waals surface area contributed by atoms with Gasteiger partial charge in [-0.25, -0.2) is 9.18 Å². The van der Waals surface area contributed by atoms with Crippen molar-refractivity contribution in [3.8, 4) is 5.75 Å². The van der Waals surface area contributed by atoms with E-state index in [4.69, 9.17) is 15.6 Å². The Bertz CT molecular complexity index is 482. The first kappa shape index (κ1) is 13.6. The number of halogens is 1. The van der Waals surface area contributed by atoms with Crippen LogP contribution in [0.5, 0.6) is 5.75 Å². The van der Waals surface area contributed by atoms with Gasteiger partial charge in [-0.2, -0.15) is 0 Å². The van der Waals surface area contributed by atoms with Crippen LogP contribution in [0.25, 0.3) is 0 Å². The summed E-state index contributed by atoms with van der Waals surface area (Å²) in [5, 5.41) is 8.96. The Labute approximate surface area is 111 Å². The molecular weight excluding hydrogens is 249 g/mol. The summed E-state index contributed by atoms with van der Waals surface area (Å²) in [6, 6.07) is 2.18. The number of anilines is 1. The van der Waals surface area contributed by atoms with Gasteiger partial charge in [0.15, 0.2) is 11.6 Å². The molecule has 0 amide bonds. The van der Waals surface area contributed by atoms with Gasteiger partial charge >= 0.3 is 5.97 Å². The molecule has 19 heavy (non-hydrogen) atoms. The van der Waals surface area contributed by atoms with Gasteiger partial charge in [-0.3, -0.25) is 0 Å². The van der Waals surface area contributed by atoms with Crippen molar-refractivity contribution in [2.75, 3.05) is 5.73 Å². The average molecular weight is 267 g/mol. The third kappa shape index (κ3) is 3.16. The van der Waals surface area contributed by atoms with Crippen LogP contribution in [-0.2, 0) is 0 Å².